The van der Waals surface area contributed by atoms with Crippen LogP contribution in [0.1, 0.15) is 43.2 Å². The van der Waals surface area contributed by atoms with Gasteiger partial charge >= 0.3 is 0 Å². The number of rotatable bonds is 5. The Bertz CT molecular complexity index is 346. The van der Waals surface area contributed by atoms with E-state index in [0.717, 1.165) is 13.1 Å². The van der Waals surface area contributed by atoms with Gasteiger partial charge in [-0.05, 0) is 61.2 Å². The first-order valence-electron chi connectivity index (χ1n) is 6.72. The summed E-state index contributed by atoms with van der Waals surface area (Å²) in [6, 6.07) is 2.86. The number of hydrogen-bond donors (Lipinski definition) is 2. The molecule has 2 atom stereocenters. The maximum atomic E-state index is 5.83. The third kappa shape index (κ3) is 3.09. The van der Waals surface area contributed by atoms with Gasteiger partial charge in [0.15, 0.2) is 0 Å². The van der Waals surface area contributed by atoms with Gasteiger partial charge in [-0.15, -0.1) is 11.3 Å². The molecular weight excluding hydrogens is 228 g/mol. The first-order chi connectivity index (χ1) is 8.22. The minimum absolute atomic E-state index is 0.567. The fourth-order valence-corrected chi connectivity index (χ4v) is 3.57. The van der Waals surface area contributed by atoms with Crippen LogP contribution < -0.4 is 11.1 Å². The standard InChI is InChI=1S/C14H24N2S/c1-10(2)11(8-15)9-16-13-4-3-5-14-12(13)6-7-17-14/h6-7,10-11,13,16H,3-5,8-9,15H2,1-2H3. The fraction of sp³-hybridized carbons (Fsp3) is 0.714. The van der Waals surface area contributed by atoms with Crippen molar-refractivity contribution in [3.8, 4) is 0 Å². The Morgan fingerprint density at radius 3 is 3.06 bits per heavy atom. The highest BCUT2D eigenvalue weighted by molar-refractivity contribution is 7.10. The van der Waals surface area contributed by atoms with Crippen LogP contribution in [0.25, 0.3) is 0 Å². The molecule has 1 heterocycles. The maximum absolute atomic E-state index is 5.83. The molecule has 1 aliphatic carbocycles. The summed E-state index contributed by atoms with van der Waals surface area (Å²) >= 11 is 1.91. The van der Waals surface area contributed by atoms with Crippen molar-refractivity contribution in [3.63, 3.8) is 0 Å². The molecule has 0 amide bonds. The van der Waals surface area contributed by atoms with E-state index in [2.05, 4.69) is 30.6 Å². The average molecular weight is 252 g/mol. The van der Waals surface area contributed by atoms with Crippen LogP contribution in [0.3, 0.4) is 0 Å². The molecule has 0 aliphatic heterocycles. The van der Waals surface area contributed by atoms with Crippen molar-refractivity contribution in [2.24, 2.45) is 17.6 Å². The molecule has 3 heteroatoms. The summed E-state index contributed by atoms with van der Waals surface area (Å²) in [6.07, 6.45) is 3.87. The van der Waals surface area contributed by atoms with Gasteiger partial charge in [-0.2, -0.15) is 0 Å². The predicted molar refractivity (Wildman–Crippen MR) is 75.4 cm³/mol. The van der Waals surface area contributed by atoms with Crippen molar-refractivity contribution in [3.05, 3.63) is 21.9 Å². The number of aryl methyl sites for hydroxylation is 1. The zero-order valence-electron chi connectivity index (χ0n) is 10.9. The van der Waals surface area contributed by atoms with E-state index in [1.54, 1.807) is 10.4 Å². The Hall–Kier alpha value is -0.380. The zero-order chi connectivity index (χ0) is 12.3. The van der Waals surface area contributed by atoms with Gasteiger partial charge in [-0.25, -0.2) is 0 Å². The summed E-state index contributed by atoms with van der Waals surface area (Å²) in [7, 11) is 0. The van der Waals surface area contributed by atoms with Gasteiger partial charge < -0.3 is 11.1 Å². The molecule has 0 bridgehead atoms. The van der Waals surface area contributed by atoms with Crippen molar-refractivity contribution < 1.29 is 0 Å². The second-order valence-electron chi connectivity index (χ2n) is 5.39. The summed E-state index contributed by atoms with van der Waals surface area (Å²) in [5.74, 6) is 1.26. The third-order valence-electron chi connectivity index (χ3n) is 3.92. The Morgan fingerprint density at radius 2 is 2.35 bits per heavy atom. The number of fused-ring (bicyclic) bond motifs is 1. The molecule has 0 fully saturated rings. The van der Waals surface area contributed by atoms with Crippen LogP contribution >= 0.6 is 11.3 Å². The Balaban J connectivity index is 1.93. The van der Waals surface area contributed by atoms with Crippen molar-refractivity contribution in [1.82, 2.24) is 5.32 Å². The van der Waals surface area contributed by atoms with E-state index in [1.165, 1.54) is 19.3 Å². The molecule has 1 aromatic heterocycles. The number of thiophene rings is 1. The van der Waals surface area contributed by atoms with Crippen LogP contribution in [-0.4, -0.2) is 13.1 Å². The van der Waals surface area contributed by atoms with Crippen LogP contribution in [0.2, 0.25) is 0 Å². The number of nitrogens with one attached hydrogen (secondary N) is 1. The first-order valence-corrected chi connectivity index (χ1v) is 7.60. The normalized spacial score (nSPS) is 21.5. The molecule has 0 saturated heterocycles. The van der Waals surface area contributed by atoms with Crippen LogP contribution in [-0.2, 0) is 6.42 Å². The summed E-state index contributed by atoms with van der Waals surface area (Å²) in [4.78, 5) is 1.59. The van der Waals surface area contributed by atoms with Gasteiger partial charge in [0, 0.05) is 10.9 Å². The van der Waals surface area contributed by atoms with Crippen molar-refractivity contribution >= 4 is 11.3 Å². The molecule has 17 heavy (non-hydrogen) atoms. The highest BCUT2D eigenvalue weighted by Gasteiger charge is 2.22. The molecule has 1 aromatic rings. The lowest BCUT2D eigenvalue weighted by molar-refractivity contribution is 0.339. The van der Waals surface area contributed by atoms with Gasteiger partial charge in [0.05, 0.1) is 0 Å². The van der Waals surface area contributed by atoms with Crippen molar-refractivity contribution in [2.75, 3.05) is 13.1 Å². The highest BCUT2D eigenvalue weighted by Crippen LogP contribution is 2.33. The van der Waals surface area contributed by atoms with Crippen LogP contribution in [0.5, 0.6) is 0 Å². The fourth-order valence-electron chi connectivity index (χ4n) is 2.58. The SMILES string of the molecule is CC(C)C(CN)CNC1CCCc2sccc21. The first kappa shape index (κ1) is 13.1. The molecule has 2 rings (SSSR count). The van der Waals surface area contributed by atoms with E-state index in [1.807, 2.05) is 11.3 Å². The Kier molecular flexibility index (Phi) is 4.60. The summed E-state index contributed by atoms with van der Waals surface area (Å²) in [5.41, 5.74) is 7.37. The minimum Gasteiger partial charge on any atom is -0.330 e. The lowest BCUT2D eigenvalue weighted by atomic mass is 9.91. The number of nitrogens with two attached hydrogens (primary N) is 1. The lowest BCUT2D eigenvalue weighted by Gasteiger charge is -2.27. The number of hydrogen-bond acceptors (Lipinski definition) is 3. The van der Waals surface area contributed by atoms with Gasteiger partial charge in [-0.3, -0.25) is 0 Å². The molecule has 0 saturated carbocycles. The Morgan fingerprint density at radius 1 is 1.53 bits per heavy atom. The molecular formula is C14H24N2S. The van der Waals surface area contributed by atoms with E-state index in [-0.39, 0.29) is 0 Å². The molecule has 0 aromatic carbocycles. The monoisotopic (exact) mass is 252 g/mol. The van der Waals surface area contributed by atoms with Gasteiger partial charge in [0.2, 0.25) is 0 Å². The maximum Gasteiger partial charge on any atom is 0.0331 e. The summed E-state index contributed by atoms with van der Waals surface area (Å²) < 4.78 is 0. The minimum atomic E-state index is 0.567. The predicted octanol–water partition coefficient (Wildman–Crippen LogP) is 2.95. The molecule has 0 radical (unpaired) electrons. The van der Waals surface area contributed by atoms with Crippen LogP contribution in [0.4, 0.5) is 0 Å². The Labute approximate surface area is 109 Å². The van der Waals surface area contributed by atoms with E-state index >= 15 is 0 Å². The molecule has 3 N–H and O–H groups in total. The molecule has 1 aliphatic rings. The largest absolute Gasteiger partial charge is 0.330 e. The molecule has 2 unspecified atom stereocenters. The summed E-state index contributed by atoms with van der Waals surface area (Å²) in [6.45, 7) is 6.36. The molecule has 2 nitrogen and oxygen atoms in total. The topological polar surface area (TPSA) is 38.0 Å². The van der Waals surface area contributed by atoms with E-state index in [0.29, 0.717) is 17.9 Å². The zero-order valence-corrected chi connectivity index (χ0v) is 11.7. The quantitative estimate of drug-likeness (QED) is 0.845. The van der Waals surface area contributed by atoms with E-state index < -0.39 is 0 Å². The second kappa shape index (κ2) is 5.98. The summed E-state index contributed by atoms with van der Waals surface area (Å²) in [5, 5.41) is 5.95. The van der Waals surface area contributed by atoms with Gasteiger partial charge in [0.1, 0.15) is 0 Å². The van der Waals surface area contributed by atoms with E-state index in [4.69, 9.17) is 5.73 Å². The highest BCUT2D eigenvalue weighted by atomic mass is 32.1. The van der Waals surface area contributed by atoms with Crippen LogP contribution in [0.15, 0.2) is 11.4 Å². The molecule has 0 spiro atoms. The van der Waals surface area contributed by atoms with Gasteiger partial charge in [0.25, 0.3) is 0 Å². The smallest absolute Gasteiger partial charge is 0.0331 e. The van der Waals surface area contributed by atoms with Gasteiger partial charge in [-0.1, -0.05) is 13.8 Å². The van der Waals surface area contributed by atoms with E-state index in [9.17, 15) is 0 Å². The lowest BCUT2D eigenvalue weighted by Crippen LogP contribution is -2.34. The van der Waals surface area contributed by atoms with Crippen LogP contribution in [0, 0.1) is 11.8 Å². The molecule has 96 valence electrons. The average Bonchev–Trinajstić information content (AvgIpc) is 2.78. The van der Waals surface area contributed by atoms with Crippen molar-refractivity contribution in [1.29, 1.82) is 0 Å². The third-order valence-corrected chi connectivity index (χ3v) is 4.92. The van der Waals surface area contributed by atoms with Crippen molar-refractivity contribution in [2.45, 2.75) is 39.2 Å². The second-order valence-corrected chi connectivity index (χ2v) is 6.39.